The van der Waals surface area contributed by atoms with Gasteiger partial charge in [0.05, 0.1) is 11.7 Å². The predicted molar refractivity (Wildman–Crippen MR) is 66.5 cm³/mol. The Morgan fingerprint density at radius 3 is 2.69 bits per heavy atom. The highest BCUT2D eigenvalue weighted by molar-refractivity contribution is 5.52. The van der Waals surface area contributed by atoms with Crippen molar-refractivity contribution in [2.75, 3.05) is 5.32 Å². The third-order valence-electron chi connectivity index (χ3n) is 2.74. The molecular formula is C13H17N3. The van der Waals surface area contributed by atoms with Gasteiger partial charge in [-0.2, -0.15) is 5.10 Å². The fraction of sp³-hybridized carbons (Fsp3) is 0.308. The third-order valence-corrected chi connectivity index (χ3v) is 2.74. The molecule has 2 N–H and O–H groups in total. The van der Waals surface area contributed by atoms with Crippen molar-refractivity contribution in [2.45, 2.75) is 26.8 Å². The van der Waals surface area contributed by atoms with E-state index in [1.807, 2.05) is 6.07 Å². The Labute approximate surface area is 95.9 Å². The number of aryl methyl sites for hydroxylation is 2. The average molecular weight is 215 g/mol. The number of rotatable bonds is 3. The third kappa shape index (κ3) is 2.24. The molecule has 0 saturated heterocycles. The minimum Gasteiger partial charge on any atom is -0.377 e. The molecule has 0 aliphatic heterocycles. The normalized spacial score (nSPS) is 12.4. The van der Waals surface area contributed by atoms with Crippen molar-refractivity contribution in [3.63, 3.8) is 0 Å². The Bertz CT molecular complexity index is 460. The molecule has 0 aliphatic carbocycles. The first-order valence-electron chi connectivity index (χ1n) is 5.50. The van der Waals surface area contributed by atoms with Crippen molar-refractivity contribution in [1.29, 1.82) is 0 Å². The number of nitrogens with zero attached hydrogens (tertiary/aromatic N) is 1. The highest BCUT2D eigenvalue weighted by Gasteiger charge is 2.07. The highest BCUT2D eigenvalue weighted by Crippen LogP contribution is 2.21. The maximum atomic E-state index is 3.96. The fourth-order valence-electron chi connectivity index (χ4n) is 1.79. The Morgan fingerprint density at radius 1 is 1.25 bits per heavy atom. The van der Waals surface area contributed by atoms with Gasteiger partial charge in [0.25, 0.3) is 0 Å². The van der Waals surface area contributed by atoms with Crippen molar-refractivity contribution < 1.29 is 0 Å². The van der Waals surface area contributed by atoms with E-state index in [4.69, 9.17) is 0 Å². The van der Waals surface area contributed by atoms with Gasteiger partial charge in [-0.25, -0.2) is 0 Å². The molecule has 3 heteroatoms. The second kappa shape index (κ2) is 4.39. The summed E-state index contributed by atoms with van der Waals surface area (Å²) in [5.41, 5.74) is 4.83. The van der Waals surface area contributed by atoms with Crippen LogP contribution in [0.3, 0.4) is 0 Å². The molecule has 0 aliphatic rings. The van der Waals surface area contributed by atoms with Gasteiger partial charge in [-0.3, -0.25) is 5.10 Å². The van der Waals surface area contributed by atoms with Gasteiger partial charge in [0.1, 0.15) is 0 Å². The lowest BCUT2D eigenvalue weighted by Crippen LogP contribution is -2.08. The van der Waals surface area contributed by atoms with E-state index in [0.717, 1.165) is 5.69 Å². The molecule has 1 aromatic carbocycles. The zero-order valence-corrected chi connectivity index (χ0v) is 9.91. The van der Waals surface area contributed by atoms with Crippen LogP contribution in [0.5, 0.6) is 0 Å². The van der Waals surface area contributed by atoms with Crippen LogP contribution in [0, 0.1) is 13.8 Å². The zero-order valence-electron chi connectivity index (χ0n) is 9.91. The summed E-state index contributed by atoms with van der Waals surface area (Å²) in [6.45, 7) is 6.34. The number of hydrogen-bond acceptors (Lipinski definition) is 2. The van der Waals surface area contributed by atoms with Gasteiger partial charge >= 0.3 is 0 Å². The Hall–Kier alpha value is -1.77. The lowest BCUT2D eigenvalue weighted by atomic mass is 10.1. The van der Waals surface area contributed by atoms with Crippen molar-refractivity contribution in [2.24, 2.45) is 0 Å². The summed E-state index contributed by atoms with van der Waals surface area (Å²) in [6.07, 6.45) is 1.77. The largest absolute Gasteiger partial charge is 0.377 e. The minimum atomic E-state index is 0.240. The highest BCUT2D eigenvalue weighted by atomic mass is 15.1. The van der Waals surface area contributed by atoms with Crippen LogP contribution < -0.4 is 5.32 Å². The van der Waals surface area contributed by atoms with Crippen LogP contribution >= 0.6 is 0 Å². The van der Waals surface area contributed by atoms with Gasteiger partial charge in [0.2, 0.25) is 0 Å². The van der Waals surface area contributed by atoms with Crippen LogP contribution in [0.15, 0.2) is 30.5 Å². The first kappa shape index (κ1) is 10.7. The maximum Gasteiger partial charge on any atom is 0.0651 e. The number of aromatic amines is 1. The summed E-state index contributed by atoms with van der Waals surface area (Å²) in [5.74, 6) is 0. The molecule has 84 valence electrons. The molecule has 1 atom stereocenters. The van der Waals surface area contributed by atoms with Gasteiger partial charge in [-0.05, 0) is 38.5 Å². The summed E-state index contributed by atoms with van der Waals surface area (Å²) in [7, 11) is 0. The zero-order chi connectivity index (χ0) is 11.5. The van der Waals surface area contributed by atoms with E-state index in [9.17, 15) is 0 Å². The quantitative estimate of drug-likeness (QED) is 0.825. The Morgan fingerprint density at radius 2 is 2.06 bits per heavy atom. The fourth-order valence-corrected chi connectivity index (χ4v) is 1.79. The Kier molecular flexibility index (Phi) is 2.95. The van der Waals surface area contributed by atoms with E-state index in [2.05, 4.69) is 54.5 Å². The molecule has 1 heterocycles. The molecule has 0 bridgehead atoms. The predicted octanol–water partition coefficient (Wildman–Crippen LogP) is 3.20. The van der Waals surface area contributed by atoms with Crippen LogP contribution in [0.1, 0.15) is 29.8 Å². The average Bonchev–Trinajstić information content (AvgIpc) is 2.75. The van der Waals surface area contributed by atoms with Gasteiger partial charge in [0, 0.05) is 11.9 Å². The molecule has 1 unspecified atom stereocenters. The van der Waals surface area contributed by atoms with Crippen LogP contribution in [0.2, 0.25) is 0 Å². The molecular weight excluding hydrogens is 198 g/mol. The Balaban J connectivity index is 2.15. The summed E-state index contributed by atoms with van der Waals surface area (Å²) < 4.78 is 0. The molecule has 2 aromatic rings. The first-order valence-corrected chi connectivity index (χ1v) is 5.50. The van der Waals surface area contributed by atoms with E-state index in [1.54, 1.807) is 6.20 Å². The number of nitrogens with one attached hydrogen (secondary N) is 2. The monoisotopic (exact) mass is 215 g/mol. The first-order chi connectivity index (χ1) is 7.66. The van der Waals surface area contributed by atoms with Crippen molar-refractivity contribution in [1.82, 2.24) is 10.2 Å². The van der Waals surface area contributed by atoms with Crippen LogP contribution in [0.4, 0.5) is 5.69 Å². The molecule has 16 heavy (non-hydrogen) atoms. The van der Waals surface area contributed by atoms with E-state index in [1.165, 1.54) is 16.8 Å². The molecule has 0 radical (unpaired) electrons. The maximum absolute atomic E-state index is 3.96. The molecule has 0 amide bonds. The van der Waals surface area contributed by atoms with Crippen LogP contribution in [-0.4, -0.2) is 10.2 Å². The number of aromatic nitrogens is 2. The standard InChI is InChI=1S/C13H17N3/c1-9-4-5-12(10(2)8-9)15-11(3)13-6-7-14-16-13/h4-8,11,15H,1-3H3,(H,14,16). The number of H-pyrrole nitrogens is 1. The SMILES string of the molecule is Cc1ccc(NC(C)c2ccn[nH]2)c(C)c1. The van der Waals surface area contributed by atoms with Gasteiger partial charge in [-0.15, -0.1) is 0 Å². The summed E-state index contributed by atoms with van der Waals surface area (Å²) in [6, 6.07) is 8.65. The van der Waals surface area contributed by atoms with Gasteiger partial charge < -0.3 is 5.32 Å². The molecule has 0 saturated carbocycles. The summed E-state index contributed by atoms with van der Waals surface area (Å²) in [5, 5.41) is 10.4. The van der Waals surface area contributed by atoms with E-state index in [-0.39, 0.29) is 6.04 Å². The number of benzene rings is 1. The second-order valence-electron chi connectivity index (χ2n) is 4.20. The van der Waals surface area contributed by atoms with Crippen molar-refractivity contribution in [3.8, 4) is 0 Å². The van der Waals surface area contributed by atoms with Crippen LogP contribution in [0.25, 0.3) is 0 Å². The van der Waals surface area contributed by atoms with Crippen LogP contribution in [-0.2, 0) is 0 Å². The van der Waals surface area contributed by atoms with E-state index < -0.39 is 0 Å². The lowest BCUT2D eigenvalue weighted by Gasteiger charge is -2.15. The topological polar surface area (TPSA) is 40.7 Å². The van der Waals surface area contributed by atoms with Gasteiger partial charge in [-0.1, -0.05) is 17.7 Å². The number of hydrogen-bond donors (Lipinski definition) is 2. The smallest absolute Gasteiger partial charge is 0.0651 e. The summed E-state index contributed by atoms with van der Waals surface area (Å²) >= 11 is 0. The molecule has 1 aromatic heterocycles. The summed E-state index contributed by atoms with van der Waals surface area (Å²) in [4.78, 5) is 0. The lowest BCUT2D eigenvalue weighted by molar-refractivity contribution is 0.824. The molecule has 3 nitrogen and oxygen atoms in total. The molecule has 0 spiro atoms. The molecule has 0 fully saturated rings. The minimum absolute atomic E-state index is 0.240. The van der Waals surface area contributed by atoms with E-state index in [0.29, 0.717) is 0 Å². The van der Waals surface area contributed by atoms with Crippen molar-refractivity contribution >= 4 is 5.69 Å². The second-order valence-corrected chi connectivity index (χ2v) is 4.20. The number of anilines is 1. The van der Waals surface area contributed by atoms with Crippen molar-refractivity contribution in [3.05, 3.63) is 47.3 Å². The van der Waals surface area contributed by atoms with E-state index >= 15 is 0 Å². The van der Waals surface area contributed by atoms with Gasteiger partial charge in [0.15, 0.2) is 0 Å². The molecule has 2 rings (SSSR count).